The van der Waals surface area contributed by atoms with Crippen LogP contribution in [0.1, 0.15) is 18.2 Å². The van der Waals surface area contributed by atoms with Crippen molar-refractivity contribution < 1.29 is 14.6 Å². The maximum atomic E-state index is 11.5. The number of carbonyl (C=O) groups excluding carboxylic acids is 1. The first-order chi connectivity index (χ1) is 10.2. The molecular weight excluding hydrogens is 288 g/mol. The van der Waals surface area contributed by atoms with Crippen LogP contribution in [0.25, 0.3) is 0 Å². The number of esters is 1. The number of imidazole rings is 1. The van der Waals surface area contributed by atoms with Crippen molar-refractivity contribution in [1.82, 2.24) is 9.55 Å². The summed E-state index contributed by atoms with van der Waals surface area (Å²) in [7, 11) is 1.37. The van der Waals surface area contributed by atoms with Gasteiger partial charge in [0.25, 0.3) is 0 Å². The van der Waals surface area contributed by atoms with E-state index in [2.05, 4.69) is 4.98 Å². The van der Waals surface area contributed by atoms with Gasteiger partial charge < -0.3 is 14.4 Å². The molecule has 2 rings (SSSR count). The standard InChI is InChI=1S/C15H18N2O3S/c1-11(14(19)20-2)21-15-16-8-13(10-18)17(15)9-12-6-4-3-5-7-12/h3-8,11,18H,9-10H2,1-2H3. The average molecular weight is 306 g/mol. The Morgan fingerprint density at radius 1 is 1.43 bits per heavy atom. The van der Waals surface area contributed by atoms with E-state index in [0.29, 0.717) is 11.7 Å². The Labute approximate surface area is 128 Å². The molecule has 0 saturated heterocycles. The summed E-state index contributed by atoms with van der Waals surface area (Å²) < 4.78 is 6.65. The van der Waals surface area contributed by atoms with Crippen molar-refractivity contribution >= 4 is 17.7 Å². The molecule has 0 saturated carbocycles. The number of benzene rings is 1. The second-order valence-corrected chi connectivity index (χ2v) is 5.85. The quantitative estimate of drug-likeness (QED) is 0.654. The van der Waals surface area contributed by atoms with Gasteiger partial charge in [0, 0.05) is 6.54 Å². The Balaban J connectivity index is 2.22. The van der Waals surface area contributed by atoms with Crippen LogP contribution in [0.2, 0.25) is 0 Å². The fourth-order valence-electron chi connectivity index (χ4n) is 1.92. The summed E-state index contributed by atoms with van der Waals surface area (Å²) in [4.78, 5) is 15.8. The van der Waals surface area contributed by atoms with Crippen molar-refractivity contribution in [1.29, 1.82) is 0 Å². The summed E-state index contributed by atoms with van der Waals surface area (Å²) in [5.41, 5.74) is 1.83. The van der Waals surface area contributed by atoms with Crippen molar-refractivity contribution in [3.63, 3.8) is 0 Å². The third-order valence-electron chi connectivity index (χ3n) is 3.06. The fraction of sp³-hybridized carbons (Fsp3) is 0.333. The number of hydrogen-bond acceptors (Lipinski definition) is 5. The fourth-order valence-corrected chi connectivity index (χ4v) is 2.85. The lowest BCUT2D eigenvalue weighted by atomic mass is 10.2. The highest BCUT2D eigenvalue weighted by Crippen LogP contribution is 2.25. The van der Waals surface area contributed by atoms with E-state index < -0.39 is 0 Å². The van der Waals surface area contributed by atoms with Gasteiger partial charge in [-0.05, 0) is 12.5 Å². The number of carbonyl (C=O) groups is 1. The molecule has 0 aliphatic rings. The van der Waals surface area contributed by atoms with Gasteiger partial charge in [-0.1, -0.05) is 42.1 Å². The zero-order valence-electron chi connectivity index (χ0n) is 12.0. The topological polar surface area (TPSA) is 64.3 Å². The summed E-state index contributed by atoms with van der Waals surface area (Å²) in [6.07, 6.45) is 1.63. The first-order valence-corrected chi connectivity index (χ1v) is 7.47. The summed E-state index contributed by atoms with van der Waals surface area (Å²) >= 11 is 1.32. The van der Waals surface area contributed by atoms with Crippen molar-refractivity contribution in [3.05, 3.63) is 47.8 Å². The Morgan fingerprint density at radius 3 is 2.76 bits per heavy atom. The molecule has 0 aliphatic carbocycles. The molecule has 112 valence electrons. The molecule has 1 aromatic heterocycles. The lowest BCUT2D eigenvalue weighted by Crippen LogP contribution is -2.16. The third-order valence-corrected chi connectivity index (χ3v) is 4.15. The zero-order valence-corrected chi connectivity index (χ0v) is 12.8. The zero-order chi connectivity index (χ0) is 15.2. The maximum absolute atomic E-state index is 11.5. The average Bonchev–Trinajstić information content (AvgIpc) is 2.89. The van der Waals surface area contributed by atoms with Crippen LogP contribution in [-0.2, 0) is 22.7 Å². The predicted molar refractivity (Wildman–Crippen MR) is 81.0 cm³/mol. The summed E-state index contributed by atoms with van der Waals surface area (Å²) in [6, 6.07) is 9.92. The lowest BCUT2D eigenvalue weighted by Gasteiger charge is -2.13. The van der Waals surface area contributed by atoms with Crippen LogP contribution in [-0.4, -0.2) is 33.0 Å². The minimum absolute atomic E-state index is 0.0903. The van der Waals surface area contributed by atoms with Crippen LogP contribution in [0, 0.1) is 0 Å². The minimum Gasteiger partial charge on any atom is -0.468 e. The van der Waals surface area contributed by atoms with Crippen molar-refractivity contribution in [2.45, 2.75) is 30.5 Å². The smallest absolute Gasteiger partial charge is 0.318 e. The van der Waals surface area contributed by atoms with Crippen LogP contribution >= 0.6 is 11.8 Å². The van der Waals surface area contributed by atoms with E-state index in [0.717, 1.165) is 11.3 Å². The highest BCUT2D eigenvalue weighted by Gasteiger charge is 2.19. The highest BCUT2D eigenvalue weighted by atomic mass is 32.2. The third kappa shape index (κ3) is 3.86. The first-order valence-electron chi connectivity index (χ1n) is 6.59. The number of aromatic nitrogens is 2. The molecule has 1 N–H and O–H groups in total. The van der Waals surface area contributed by atoms with Gasteiger partial charge in [-0.3, -0.25) is 4.79 Å². The van der Waals surface area contributed by atoms with E-state index in [1.54, 1.807) is 13.1 Å². The molecule has 0 spiro atoms. The van der Waals surface area contributed by atoms with Gasteiger partial charge in [0.1, 0.15) is 5.25 Å². The number of ether oxygens (including phenoxy) is 1. The van der Waals surface area contributed by atoms with E-state index in [1.807, 2.05) is 34.9 Å². The second-order valence-electron chi connectivity index (χ2n) is 4.55. The highest BCUT2D eigenvalue weighted by molar-refractivity contribution is 8.00. The Kier molecular flexibility index (Phi) is 5.41. The predicted octanol–water partition coefficient (Wildman–Crippen LogP) is 2.08. The molecule has 1 heterocycles. The molecule has 2 aromatic rings. The van der Waals surface area contributed by atoms with Gasteiger partial charge in [0.05, 0.1) is 25.6 Å². The van der Waals surface area contributed by atoms with Crippen LogP contribution in [0.15, 0.2) is 41.7 Å². The molecular formula is C15H18N2O3S. The van der Waals surface area contributed by atoms with E-state index in [-0.39, 0.29) is 17.8 Å². The Hall–Kier alpha value is -1.79. The molecule has 6 heteroatoms. The number of nitrogens with zero attached hydrogens (tertiary/aromatic N) is 2. The number of hydrogen-bond donors (Lipinski definition) is 1. The molecule has 0 fully saturated rings. The molecule has 1 aromatic carbocycles. The van der Waals surface area contributed by atoms with E-state index in [9.17, 15) is 9.90 Å². The molecule has 0 amide bonds. The summed E-state index contributed by atoms with van der Waals surface area (Å²) in [5, 5.41) is 9.78. The van der Waals surface area contributed by atoms with Gasteiger partial charge in [0.15, 0.2) is 5.16 Å². The van der Waals surface area contributed by atoms with Crippen molar-refractivity contribution in [2.24, 2.45) is 0 Å². The van der Waals surface area contributed by atoms with Gasteiger partial charge in [-0.25, -0.2) is 4.98 Å². The molecule has 21 heavy (non-hydrogen) atoms. The normalized spacial score (nSPS) is 12.1. The van der Waals surface area contributed by atoms with Gasteiger partial charge in [0.2, 0.25) is 0 Å². The van der Waals surface area contributed by atoms with Crippen molar-refractivity contribution in [3.8, 4) is 0 Å². The molecule has 0 radical (unpaired) electrons. The largest absolute Gasteiger partial charge is 0.468 e. The maximum Gasteiger partial charge on any atom is 0.318 e. The van der Waals surface area contributed by atoms with Gasteiger partial charge >= 0.3 is 5.97 Å². The van der Waals surface area contributed by atoms with Gasteiger partial charge in [-0.2, -0.15) is 0 Å². The Bertz CT molecular complexity index is 598. The Morgan fingerprint density at radius 2 is 2.14 bits per heavy atom. The van der Waals surface area contributed by atoms with E-state index >= 15 is 0 Å². The lowest BCUT2D eigenvalue weighted by molar-refractivity contribution is -0.139. The molecule has 1 atom stereocenters. The van der Waals surface area contributed by atoms with Crippen LogP contribution < -0.4 is 0 Å². The molecule has 0 aliphatic heterocycles. The molecule has 5 nitrogen and oxygen atoms in total. The SMILES string of the molecule is COC(=O)C(C)Sc1ncc(CO)n1Cc1ccccc1. The monoisotopic (exact) mass is 306 g/mol. The second kappa shape index (κ2) is 7.28. The number of methoxy groups -OCH3 is 1. The number of aliphatic hydroxyl groups excluding tert-OH is 1. The van der Waals surface area contributed by atoms with Crippen LogP contribution in [0.5, 0.6) is 0 Å². The van der Waals surface area contributed by atoms with Crippen LogP contribution in [0.4, 0.5) is 0 Å². The van der Waals surface area contributed by atoms with Crippen LogP contribution in [0.3, 0.4) is 0 Å². The number of thioether (sulfide) groups is 1. The summed E-state index contributed by atoms with van der Waals surface area (Å²) in [6.45, 7) is 2.29. The number of aliphatic hydroxyl groups is 1. The first kappa shape index (κ1) is 15.6. The molecule has 0 bridgehead atoms. The van der Waals surface area contributed by atoms with Gasteiger partial charge in [-0.15, -0.1) is 0 Å². The summed E-state index contributed by atoms with van der Waals surface area (Å²) in [5.74, 6) is -0.292. The molecule has 1 unspecified atom stereocenters. The van der Waals surface area contributed by atoms with Crippen molar-refractivity contribution in [2.75, 3.05) is 7.11 Å². The van der Waals surface area contributed by atoms with E-state index in [1.165, 1.54) is 18.9 Å². The number of rotatable bonds is 6. The minimum atomic E-state index is -0.349. The van der Waals surface area contributed by atoms with E-state index in [4.69, 9.17) is 4.74 Å².